The lowest BCUT2D eigenvalue weighted by atomic mass is 10.2. The van der Waals surface area contributed by atoms with Gasteiger partial charge in [-0.05, 0) is 36.8 Å². The molecule has 2 aromatic carbocycles. The summed E-state index contributed by atoms with van der Waals surface area (Å²) in [6.45, 7) is 2.56. The zero-order valence-corrected chi connectivity index (χ0v) is 14.8. The molecule has 3 rings (SSSR count). The Morgan fingerprint density at radius 1 is 1.25 bits per heavy atom. The fourth-order valence-corrected chi connectivity index (χ4v) is 3.20. The summed E-state index contributed by atoms with van der Waals surface area (Å²) in [7, 11) is 0. The molecule has 0 bridgehead atoms. The Bertz CT molecular complexity index is 799. The van der Waals surface area contributed by atoms with Crippen molar-refractivity contribution in [3.05, 3.63) is 64.9 Å². The molecule has 0 spiro atoms. The molecule has 124 valence electrons. The summed E-state index contributed by atoms with van der Waals surface area (Å²) in [6, 6.07) is 15.4. The largest absolute Gasteiger partial charge is 0.351 e. The molecular weight excluding hydrogens is 342 g/mol. The minimum Gasteiger partial charge on any atom is -0.351 e. The van der Waals surface area contributed by atoms with Crippen molar-refractivity contribution in [2.24, 2.45) is 0 Å². The summed E-state index contributed by atoms with van der Waals surface area (Å²) in [5, 5.41) is 3.74. The van der Waals surface area contributed by atoms with Crippen molar-refractivity contribution in [3.8, 4) is 0 Å². The van der Waals surface area contributed by atoms with Gasteiger partial charge in [0, 0.05) is 11.6 Å². The van der Waals surface area contributed by atoms with Gasteiger partial charge in [0.2, 0.25) is 5.91 Å². The van der Waals surface area contributed by atoms with Crippen molar-refractivity contribution < 1.29 is 4.79 Å². The van der Waals surface area contributed by atoms with Crippen LogP contribution in [0.25, 0.3) is 11.0 Å². The third-order valence-corrected chi connectivity index (χ3v) is 5.06. The van der Waals surface area contributed by atoms with Crippen molar-refractivity contribution in [2.45, 2.75) is 18.7 Å². The smallest absolute Gasteiger partial charge is 0.230 e. The maximum atomic E-state index is 12.0. The van der Waals surface area contributed by atoms with Crippen LogP contribution >= 0.6 is 23.4 Å². The molecule has 1 aromatic heterocycles. The SMILES string of the molecule is CC(SCC(=O)NCc1ccc(Cl)cc1)c1nc2ccccc2[nH]1. The zero-order valence-electron chi connectivity index (χ0n) is 13.3. The molecule has 2 N–H and O–H groups in total. The lowest BCUT2D eigenvalue weighted by Gasteiger charge is -2.09. The van der Waals surface area contributed by atoms with Gasteiger partial charge in [-0.15, -0.1) is 11.8 Å². The molecule has 1 atom stereocenters. The van der Waals surface area contributed by atoms with Crippen molar-refractivity contribution in [1.29, 1.82) is 0 Å². The van der Waals surface area contributed by atoms with Gasteiger partial charge in [-0.1, -0.05) is 35.9 Å². The number of para-hydroxylation sites is 2. The predicted octanol–water partition coefficient (Wildman–Crippen LogP) is 4.33. The molecule has 0 radical (unpaired) electrons. The van der Waals surface area contributed by atoms with E-state index in [-0.39, 0.29) is 11.2 Å². The molecule has 24 heavy (non-hydrogen) atoms. The number of halogens is 1. The number of rotatable bonds is 6. The third-order valence-electron chi connectivity index (χ3n) is 3.66. The van der Waals surface area contributed by atoms with E-state index in [0.29, 0.717) is 17.3 Å². The van der Waals surface area contributed by atoms with Gasteiger partial charge in [0.15, 0.2) is 0 Å². The number of aromatic amines is 1. The second kappa shape index (κ2) is 7.73. The van der Waals surface area contributed by atoms with E-state index < -0.39 is 0 Å². The zero-order chi connectivity index (χ0) is 16.9. The number of thioether (sulfide) groups is 1. The van der Waals surface area contributed by atoms with Crippen LogP contribution in [-0.2, 0) is 11.3 Å². The number of H-pyrrole nitrogens is 1. The van der Waals surface area contributed by atoms with E-state index >= 15 is 0 Å². The standard InChI is InChI=1S/C18H18ClN3OS/c1-12(18-21-15-4-2-3-5-16(15)22-18)24-11-17(23)20-10-13-6-8-14(19)9-7-13/h2-9,12H,10-11H2,1H3,(H,20,23)(H,21,22). The Morgan fingerprint density at radius 2 is 2.00 bits per heavy atom. The highest BCUT2D eigenvalue weighted by molar-refractivity contribution is 8.00. The van der Waals surface area contributed by atoms with Crippen LogP contribution in [0.1, 0.15) is 23.6 Å². The number of imidazole rings is 1. The molecule has 0 saturated heterocycles. The summed E-state index contributed by atoms with van der Waals surface area (Å²) in [4.78, 5) is 19.9. The first-order valence-corrected chi connectivity index (χ1v) is 9.12. The van der Waals surface area contributed by atoms with Crippen LogP contribution in [0.3, 0.4) is 0 Å². The van der Waals surface area contributed by atoms with Gasteiger partial charge in [-0.3, -0.25) is 4.79 Å². The molecule has 1 amide bonds. The summed E-state index contributed by atoms with van der Waals surface area (Å²) in [5.41, 5.74) is 3.00. The number of aromatic nitrogens is 2. The first kappa shape index (κ1) is 16.9. The van der Waals surface area contributed by atoms with E-state index in [1.165, 1.54) is 0 Å². The van der Waals surface area contributed by atoms with Gasteiger partial charge in [0.1, 0.15) is 5.82 Å². The van der Waals surface area contributed by atoms with Gasteiger partial charge in [0.05, 0.1) is 22.0 Å². The molecule has 0 saturated carbocycles. The number of nitrogens with zero attached hydrogens (tertiary/aromatic N) is 1. The average Bonchev–Trinajstić information content (AvgIpc) is 3.03. The number of nitrogens with one attached hydrogen (secondary N) is 2. The topological polar surface area (TPSA) is 57.8 Å². The molecule has 1 heterocycles. The van der Waals surface area contributed by atoms with E-state index in [0.717, 1.165) is 22.4 Å². The minimum atomic E-state index is 0.0120. The van der Waals surface area contributed by atoms with Gasteiger partial charge >= 0.3 is 0 Å². The van der Waals surface area contributed by atoms with Crippen molar-refractivity contribution in [1.82, 2.24) is 15.3 Å². The van der Waals surface area contributed by atoms with Gasteiger partial charge < -0.3 is 10.3 Å². The van der Waals surface area contributed by atoms with Gasteiger partial charge in [0.25, 0.3) is 0 Å². The molecule has 0 aliphatic heterocycles. The number of amides is 1. The number of hydrogen-bond donors (Lipinski definition) is 2. The van der Waals surface area contributed by atoms with Crippen LogP contribution in [0.15, 0.2) is 48.5 Å². The Hall–Kier alpha value is -1.98. The third kappa shape index (κ3) is 4.30. The van der Waals surface area contributed by atoms with Crippen LogP contribution in [0.4, 0.5) is 0 Å². The molecule has 0 aliphatic rings. The Labute approximate surface area is 150 Å². The number of carbonyl (C=O) groups is 1. The molecular formula is C18H18ClN3OS. The number of fused-ring (bicyclic) bond motifs is 1. The van der Waals surface area contributed by atoms with E-state index in [9.17, 15) is 4.79 Å². The monoisotopic (exact) mass is 359 g/mol. The summed E-state index contributed by atoms with van der Waals surface area (Å²) >= 11 is 7.41. The van der Waals surface area contributed by atoms with Crippen LogP contribution in [0.2, 0.25) is 5.02 Å². The van der Waals surface area contributed by atoms with E-state index in [1.807, 2.05) is 48.5 Å². The van der Waals surface area contributed by atoms with Crippen molar-refractivity contribution in [3.63, 3.8) is 0 Å². The Morgan fingerprint density at radius 3 is 2.75 bits per heavy atom. The summed E-state index contributed by atoms with van der Waals surface area (Å²) < 4.78 is 0. The van der Waals surface area contributed by atoms with E-state index in [1.54, 1.807) is 11.8 Å². The fraction of sp³-hybridized carbons (Fsp3) is 0.222. The first-order valence-electron chi connectivity index (χ1n) is 7.69. The fourth-order valence-electron chi connectivity index (χ4n) is 2.30. The summed E-state index contributed by atoms with van der Waals surface area (Å²) in [5.74, 6) is 1.30. The van der Waals surface area contributed by atoms with Gasteiger partial charge in [-0.2, -0.15) is 0 Å². The Balaban J connectivity index is 1.49. The number of benzene rings is 2. The van der Waals surface area contributed by atoms with Crippen LogP contribution < -0.4 is 5.32 Å². The second-order valence-electron chi connectivity index (χ2n) is 5.50. The van der Waals surface area contributed by atoms with Crippen LogP contribution in [-0.4, -0.2) is 21.6 Å². The Kier molecular flexibility index (Phi) is 5.43. The minimum absolute atomic E-state index is 0.0120. The highest BCUT2D eigenvalue weighted by Crippen LogP contribution is 2.27. The van der Waals surface area contributed by atoms with Crippen molar-refractivity contribution >= 4 is 40.3 Å². The lowest BCUT2D eigenvalue weighted by molar-refractivity contribution is -0.118. The van der Waals surface area contributed by atoms with E-state index in [4.69, 9.17) is 11.6 Å². The maximum Gasteiger partial charge on any atom is 0.230 e. The number of hydrogen-bond acceptors (Lipinski definition) is 3. The highest BCUT2D eigenvalue weighted by Gasteiger charge is 2.13. The molecule has 4 nitrogen and oxygen atoms in total. The van der Waals surface area contributed by atoms with E-state index in [2.05, 4.69) is 22.2 Å². The highest BCUT2D eigenvalue weighted by atomic mass is 35.5. The average molecular weight is 360 g/mol. The number of carbonyl (C=O) groups excluding carboxylic acids is 1. The maximum absolute atomic E-state index is 12.0. The molecule has 0 fully saturated rings. The molecule has 0 aliphatic carbocycles. The second-order valence-corrected chi connectivity index (χ2v) is 7.26. The summed E-state index contributed by atoms with van der Waals surface area (Å²) in [6.07, 6.45) is 0. The first-order chi connectivity index (χ1) is 11.6. The molecule has 1 unspecified atom stereocenters. The lowest BCUT2D eigenvalue weighted by Crippen LogP contribution is -2.24. The predicted molar refractivity (Wildman–Crippen MR) is 100 cm³/mol. The van der Waals surface area contributed by atoms with Crippen LogP contribution in [0, 0.1) is 0 Å². The molecule has 3 aromatic rings. The molecule has 6 heteroatoms. The van der Waals surface area contributed by atoms with Gasteiger partial charge in [-0.25, -0.2) is 4.98 Å². The van der Waals surface area contributed by atoms with Crippen molar-refractivity contribution in [2.75, 3.05) is 5.75 Å². The van der Waals surface area contributed by atoms with Crippen LogP contribution in [0.5, 0.6) is 0 Å². The normalized spacial score (nSPS) is 12.2. The quantitative estimate of drug-likeness (QED) is 0.688.